The number of halogens is 1. The summed E-state index contributed by atoms with van der Waals surface area (Å²) in [5.41, 5.74) is 11.2. The van der Waals surface area contributed by atoms with Crippen LogP contribution in [-0.2, 0) is 4.74 Å². The van der Waals surface area contributed by atoms with E-state index in [1.54, 1.807) is 0 Å². The number of nitrogens with two attached hydrogens (primary N) is 1. The Balaban J connectivity index is 1.50. The highest BCUT2D eigenvalue weighted by Gasteiger charge is 2.35. The summed E-state index contributed by atoms with van der Waals surface area (Å²) in [6.45, 7) is 10.9. The average Bonchev–Trinajstić information content (AvgIpc) is 3.65. The highest BCUT2D eigenvalue weighted by Crippen LogP contribution is 2.50. The summed E-state index contributed by atoms with van der Waals surface area (Å²) in [6, 6.07) is 2.72. The van der Waals surface area contributed by atoms with Crippen LogP contribution < -0.4 is 5.73 Å². The van der Waals surface area contributed by atoms with Gasteiger partial charge in [0.2, 0.25) is 0 Å². The second kappa shape index (κ2) is 12.1. The summed E-state index contributed by atoms with van der Waals surface area (Å²) in [5, 5.41) is 11.6. The third-order valence-corrected chi connectivity index (χ3v) is 10.6. The van der Waals surface area contributed by atoms with Gasteiger partial charge in [0.05, 0.1) is 35.4 Å². The Morgan fingerprint density at radius 3 is 2.85 bits per heavy atom. The van der Waals surface area contributed by atoms with Gasteiger partial charge in [0, 0.05) is 35.7 Å². The molecule has 0 radical (unpaired) electrons. The van der Waals surface area contributed by atoms with E-state index >= 15 is 0 Å². The lowest BCUT2D eigenvalue weighted by molar-refractivity contribution is 0.207. The molecular weight excluding hydrogens is 540 g/mol. The zero-order chi connectivity index (χ0) is 28.6. The minimum absolute atomic E-state index is 0.0303. The molecule has 1 aliphatic carbocycles. The van der Waals surface area contributed by atoms with E-state index in [0.29, 0.717) is 46.0 Å². The maximum absolute atomic E-state index is 14.7. The lowest BCUT2D eigenvalue weighted by Crippen LogP contribution is -2.36. The Morgan fingerprint density at radius 1 is 1.32 bits per heavy atom. The fourth-order valence-electron chi connectivity index (χ4n) is 6.45. The molecule has 4 atom stereocenters. The van der Waals surface area contributed by atoms with Crippen molar-refractivity contribution < 1.29 is 9.13 Å². The highest BCUT2D eigenvalue weighted by atomic mass is 32.1. The summed E-state index contributed by atoms with van der Waals surface area (Å²) in [5.74, 6) is 1.32. The number of fused-ring (bicyclic) bond motifs is 1. The number of ether oxygens (including phenoxy) is 1. The van der Waals surface area contributed by atoms with E-state index in [1.165, 1.54) is 44.7 Å². The van der Waals surface area contributed by atoms with Gasteiger partial charge < -0.3 is 15.4 Å². The summed E-state index contributed by atoms with van der Waals surface area (Å²) in [7, 11) is 2.88. The number of thiophene rings is 1. The number of aliphatic imine (C=N–C) groups is 1. The maximum atomic E-state index is 14.7. The molecule has 5 rings (SSSR count). The zero-order valence-corrected chi connectivity index (χ0v) is 25.9. The van der Waals surface area contributed by atoms with Crippen molar-refractivity contribution in [3.8, 4) is 6.07 Å². The molecule has 0 saturated carbocycles. The molecule has 0 bridgehead atoms. The number of likely N-dealkylation sites (tertiary alicyclic amines) is 1. The number of nitriles is 1. The Labute approximate surface area is 243 Å². The van der Waals surface area contributed by atoms with E-state index in [4.69, 9.17) is 15.5 Å². The standard InChI is InChI=1S/C31H39FN5OPS/c1-5-6-7-8-9-25-17(2)10-11-37(25)19(4)35-13-21-18(3)29(39)26(23-16-38-15-22(21)23)28-27-20(12-33)31(34)40-30(27)24(32)14-36-28/h13-14,17-18,25H,5-11,15-16,34,39H2,1-4H3/b21-13+,35-19?. The molecule has 2 aliphatic heterocycles. The van der Waals surface area contributed by atoms with Crippen LogP contribution in [0.3, 0.4) is 0 Å². The van der Waals surface area contributed by atoms with Crippen molar-refractivity contribution in [1.82, 2.24) is 9.88 Å². The number of allylic oxidation sites excluding steroid dienone is 1. The number of hydrogen-bond acceptors (Lipinski definition) is 6. The number of rotatable bonds is 7. The minimum Gasteiger partial charge on any atom is -0.389 e. The van der Waals surface area contributed by atoms with E-state index in [-0.39, 0.29) is 11.5 Å². The van der Waals surface area contributed by atoms with Crippen LogP contribution in [0.2, 0.25) is 0 Å². The Morgan fingerprint density at radius 2 is 2.10 bits per heavy atom. The van der Waals surface area contributed by atoms with Crippen LogP contribution in [0.1, 0.15) is 77.5 Å². The van der Waals surface area contributed by atoms with Crippen molar-refractivity contribution >= 4 is 47.1 Å². The van der Waals surface area contributed by atoms with Gasteiger partial charge in [0.1, 0.15) is 16.9 Å². The van der Waals surface area contributed by atoms with Crippen molar-refractivity contribution in [1.29, 1.82) is 5.26 Å². The number of unbranched alkanes of at least 4 members (excludes halogenated alkanes) is 3. The number of nitrogens with zero attached hydrogens (tertiary/aromatic N) is 4. The van der Waals surface area contributed by atoms with Crippen molar-refractivity contribution in [3.63, 3.8) is 0 Å². The number of nitrogen functional groups attached to an aromatic ring is 1. The van der Waals surface area contributed by atoms with Gasteiger partial charge in [-0.05, 0) is 47.7 Å². The average molecular weight is 580 g/mol. The quantitative estimate of drug-likeness (QED) is 0.159. The number of hydrogen-bond donors (Lipinski definition) is 1. The van der Waals surface area contributed by atoms with Crippen molar-refractivity contribution in [2.45, 2.75) is 72.3 Å². The van der Waals surface area contributed by atoms with Gasteiger partial charge in [-0.1, -0.05) is 46.5 Å². The summed E-state index contributed by atoms with van der Waals surface area (Å²) in [6.07, 6.45) is 10.8. The fraction of sp³-hybridized carbons (Fsp3) is 0.516. The molecule has 6 nitrogen and oxygen atoms in total. The molecule has 0 aromatic carbocycles. The first kappa shape index (κ1) is 28.9. The van der Waals surface area contributed by atoms with Gasteiger partial charge in [-0.2, -0.15) is 5.26 Å². The Kier molecular flexibility index (Phi) is 8.75. The lowest BCUT2D eigenvalue weighted by Gasteiger charge is -2.29. The van der Waals surface area contributed by atoms with E-state index in [1.807, 2.05) is 6.20 Å². The summed E-state index contributed by atoms with van der Waals surface area (Å²) >= 11 is 1.10. The molecule has 4 unspecified atom stereocenters. The molecule has 1 saturated heterocycles. The first-order chi connectivity index (χ1) is 19.3. The molecule has 40 heavy (non-hydrogen) atoms. The van der Waals surface area contributed by atoms with Gasteiger partial charge in [0.15, 0.2) is 5.82 Å². The van der Waals surface area contributed by atoms with Crippen LogP contribution in [0.5, 0.6) is 0 Å². The van der Waals surface area contributed by atoms with E-state index in [2.05, 4.69) is 52.9 Å². The summed E-state index contributed by atoms with van der Waals surface area (Å²) in [4.78, 5) is 12.0. The van der Waals surface area contributed by atoms with Gasteiger partial charge in [-0.3, -0.25) is 4.98 Å². The van der Waals surface area contributed by atoms with Crippen LogP contribution in [-0.4, -0.2) is 41.5 Å². The number of anilines is 1. The molecule has 3 aliphatic rings. The molecule has 4 heterocycles. The molecule has 2 aromatic rings. The third-order valence-electron chi connectivity index (χ3n) is 8.82. The van der Waals surface area contributed by atoms with Crippen molar-refractivity contribution in [3.05, 3.63) is 51.5 Å². The van der Waals surface area contributed by atoms with Crippen LogP contribution >= 0.6 is 20.6 Å². The molecule has 9 heteroatoms. The molecule has 2 aromatic heterocycles. The maximum Gasteiger partial charge on any atom is 0.159 e. The zero-order valence-electron chi connectivity index (χ0n) is 23.9. The predicted molar refractivity (Wildman–Crippen MR) is 167 cm³/mol. The van der Waals surface area contributed by atoms with Crippen LogP contribution in [0, 0.1) is 29.0 Å². The van der Waals surface area contributed by atoms with Crippen LogP contribution in [0.4, 0.5) is 9.39 Å². The third kappa shape index (κ3) is 5.13. The molecule has 212 valence electrons. The Hall–Kier alpha value is -2.59. The Bertz CT molecular complexity index is 1480. The van der Waals surface area contributed by atoms with Crippen molar-refractivity contribution in [2.75, 3.05) is 25.5 Å². The van der Waals surface area contributed by atoms with Gasteiger partial charge in [0.25, 0.3) is 0 Å². The topological polar surface area (TPSA) is 87.5 Å². The summed E-state index contributed by atoms with van der Waals surface area (Å²) < 4.78 is 21.1. The second-order valence-electron chi connectivity index (χ2n) is 11.3. The first-order valence-electron chi connectivity index (χ1n) is 14.4. The van der Waals surface area contributed by atoms with Crippen LogP contribution in [0.15, 0.2) is 39.4 Å². The normalized spacial score (nSPS) is 24.5. The van der Waals surface area contributed by atoms with E-state index in [9.17, 15) is 9.65 Å². The largest absolute Gasteiger partial charge is 0.389 e. The van der Waals surface area contributed by atoms with Crippen molar-refractivity contribution in [2.24, 2.45) is 16.8 Å². The van der Waals surface area contributed by atoms with Gasteiger partial charge in [-0.25, -0.2) is 9.38 Å². The number of amidine groups is 1. The first-order valence-corrected chi connectivity index (χ1v) is 15.8. The molecule has 0 amide bonds. The van der Waals surface area contributed by atoms with E-state index < -0.39 is 5.82 Å². The number of aromatic nitrogens is 1. The molecule has 2 N–H and O–H groups in total. The highest BCUT2D eigenvalue weighted by molar-refractivity contribution is 7.23. The predicted octanol–water partition coefficient (Wildman–Crippen LogP) is 7.44. The van der Waals surface area contributed by atoms with E-state index in [0.717, 1.165) is 51.3 Å². The van der Waals surface area contributed by atoms with Gasteiger partial charge in [-0.15, -0.1) is 20.6 Å². The van der Waals surface area contributed by atoms with Crippen LogP contribution in [0.25, 0.3) is 15.7 Å². The van der Waals surface area contributed by atoms with Gasteiger partial charge >= 0.3 is 0 Å². The number of pyridine rings is 1. The monoisotopic (exact) mass is 579 g/mol. The lowest BCUT2D eigenvalue weighted by atomic mass is 9.80. The molecule has 1 fully saturated rings. The minimum atomic E-state index is -0.464. The molecule has 0 spiro atoms. The SMILES string of the molecule is CCCCCCC1C(C)CCN1C(C)=N/C=C1/C2=C(COC2)C(c2ncc(F)c3sc(N)c(C#N)c23)=C(P)C1C. The molecular formula is C31H39FN5OPS. The smallest absolute Gasteiger partial charge is 0.159 e. The second-order valence-corrected chi connectivity index (χ2v) is 12.9. The fourth-order valence-corrected chi connectivity index (χ4v) is 7.87.